The average molecular weight is 303 g/mol. The number of nitrogens with two attached hydrogens (primary N) is 1. The molecule has 0 amide bonds. The number of rotatable bonds is 7. The van der Waals surface area contributed by atoms with Gasteiger partial charge < -0.3 is 10.5 Å². The number of hydrogen-bond donors (Lipinski definition) is 1. The maximum absolute atomic E-state index is 13.9. The van der Waals surface area contributed by atoms with Crippen molar-refractivity contribution in [3.05, 3.63) is 29.6 Å². The number of carbonyl (C=O) groups is 1. The van der Waals surface area contributed by atoms with Crippen molar-refractivity contribution < 1.29 is 22.3 Å². The molecule has 0 saturated heterocycles. The van der Waals surface area contributed by atoms with Crippen molar-refractivity contribution in [2.75, 3.05) is 19.1 Å². The Morgan fingerprint density at radius 2 is 2.10 bits per heavy atom. The molecule has 1 unspecified atom stereocenters. The van der Waals surface area contributed by atoms with Gasteiger partial charge >= 0.3 is 0 Å². The molecule has 1 rings (SSSR count). The Bertz CT molecular complexity index is 586. The molecular formula is C13H18FNO4S. The Hall–Kier alpha value is -1.47. The maximum Gasteiger partial charge on any atom is 0.168 e. The molecule has 0 heterocycles. The summed E-state index contributed by atoms with van der Waals surface area (Å²) in [5.74, 6) is -1.11. The molecule has 0 bridgehead atoms. The average Bonchev–Trinajstić information content (AvgIpc) is 2.37. The third-order valence-electron chi connectivity index (χ3n) is 2.84. The summed E-state index contributed by atoms with van der Waals surface area (Å²) in [5.41, 5.74) is 5.81. The molecule has 5 nitrogen and oxygen atoms in total. The van der Waals surface area contributed by atoms with Crippen molar-refractivity contribution in [2.24, 2.45) is 5.73 Å². The first-order valence-electron chi connectivity index (χ1n) is 6.02. The Morgan fingerprint density at radius 3 is 2.65 bits per heavy atom. The summed E-state index contributed by atoms with van der Waals surface area (Å²) in [6.45, 7) is 0. The van der Waals surface area contributed by atoms with Crippen LogP contribution < -0.4 is 10.5 Å². The zero-order chi connectivity index (χ0) is 15.3. The van der Waals surface area contributed by atoms with Gasteiger partial charge in [-0.05, 0) is 18.1 Å². The Kier molecular flexibility index (Phi) is 5.64. The van der Waals surface area contributed by atoms with Gasteiger partial charge in [0.05, 0.1) is 18.9 Å². The zero-order valence-corrected chi connectivity index (χ0v) is 12.2. The van der Waals surface area contributed by atoms with Gasteiger partial charge in [-0.1, -0.05) is 12.1 Å². The van der Waals surface area contributed by atoms with Crippen molar-refractivity contribution in [2.45, 2.75) is 18.9 Å². The predicted octanol–water partition coefficient (Wildman–Crippen LogP) is 0.708. The van der Waals surface area contributed by atoms with Crippen LogP contribution in [0.5, 0.6) is 5.75 Å². The summed E-state index contributed by atoms with van der Waals surface area (Å²) in [5, 5.41) is 0. The van der Waals surface area contributed by atoms with Gasteiger partial charge in [0.2, 0.25) is 0 Å². The van der Waals surface area contributed by atoms with Crippen LogP contribution in [0.3, 0.4) is 0 Å². The van der Waals surface area contributed by atoms with Crippen LogP contribution in [0, 0.1) is 5.82 Å². The Morgan fingerprint density at radius 1 is 1.45 bits per heavy atom. The summed E-state index contributed by atoms with van der Waals surface area (Å²) < 4.78 is 40.7. The number of sulfone groups is 1. The van der Waals surface area contributed by atoms with Crippen LogP contribution in [0.2, 0.25) is 0 Å². The van der Waals surface area contributed by atoms with Gasteiger partial charge in [0.1, 0.15) is 9.84 Å². The van der Waals surface area contributed by atoms with Gasteiger partial charge in [0, 0.05) is 12.7 Å². The van der Waals surface area contributed by atoms with Gasteiger partial charge in [-0.3, -0.25) is 4.79 Å². The highest BCUT2D eigenvalue weighted by atomic mass is 32.2. The molecule has 1 aromatic rings. The minimum absolute atomic E-state index is 0.0310. The highest BCUT2D eigenvalue weighted by Gasteiger charge is 2.19. The first-order chi connectivity index (χ1) is 9.24. The normalized spacial score (nSPS) is 13.0. The Balaban J connectivity index is 2.71. The maximum atomic E-state index is 13.9. The van der Waals surface area contributed by atoms with Gasteiger partial charge in [-0.25, -0.2) is 12.8 Å². The standard InChI is InChI=1S/C13H18FNO4S/c1-19-12-5-3-4-9(13(12)14)8-11(16)10(15)6-7-20(2,17)18/h3-5,10H,6-8,15H2,1-2H3. The molecule has 0 spiro atoms. The van der Waals surface area contributed by atoms with Crippen molar-refractivity contribution in [3.63, 3.8) is 0 Å². The quantitative estimate of drug-likeness (QED) is 0.801. The molecule has 2 N–H and O–H groups in total. The Labute approximate surface area is 117 Å². The SMILES string of the molecule is COc1cccc(CC(=O)C(N)CCS(C)(=O)=O)c1F. The molecule has 0 radical (unpaired) electrons. The molecule has 0 aliphatic heterocycles. The van der Waals surface area contributed by atoms with Crippen LogP contribution in [-0.2, 0) is 21.1 Å². The fourth-order valence-electron chi connectivity index (χ4n) is 1.67. The molecule has 20 heavy (non-hydrogen) atoms. The van der Waals surface area contributed by atoms with Crippen LogP contribution in [0.4, 0.5) is 4.39 Å². The number of benzene rings is 1. The predicted molar refractivity (Wildman–Crippen MR) is 74.0 cm³/mol. The van der Waals surface area contributed by atoms with E-state index in [1.165, 1.54) is 19.2 Å². The van der Waals surface area contributed by atoms with Gasteiger partial charge in [0.25, 0.3) is 0 Å². The fourth-order valence-corrected chi connectivity index (χ4v) is 2.35. The van der Waals surface area contributed by atoms with E-state index in [1.807, 2.05) is 0 Å². The lowest BCUT2D eigenvalue weighted by molar-refractivity contribution is -0.119. The van der Waals surface area contributed by atoms with Gasteiger partial charge in [0.15, 0.2) is 17.3 Å². The van der Waals surface area contributed by atoms with E-state index < -0.39 is 27.5 Å². The van der Waals surface area contributed by atoms with Crippen molar-refractivity contribution in [1.82, 2.24) is 0 Å². The fraction of sp³-hybridized carbons (Fsp3) is 0.462. The van der Waals surface area contributed by atoms with Crippen LogP contribution >= 0.6 is 0 Å². The van der Waals surface area contributed by atoms with E-state index in [1.54, 1.807) is 6.07 Å². The van der Waals surface area contributed by atoms with Crippen LogP contribution in [0.25, 0.3) is 0 Å². The second-order valence-electron chi connectivity index (χ2n) is 4.60. The molecular weight excluding hydrogens is 285 g/mol. The highest BCUT2D eigenvalue weighted by molar-refractivity contribution is 7.90. The van der Waals surface area contributed by atoms with E-state index in [0.29, 0.717) is 0 Å². The third-order valence-corrected chi connectivity index (χ3v) is 3.82. The molecule has 0 saturated carbocycles. The molecule has 0 aliphatic carbocycles. The van der Waals surface area contributed by atoms with Crippen LogP contribution in [-0.4, -0.2) is 39.4 Å². The van der Waals surface area contributed by atoms with E-state index in [2.05, 4.69) is 0 Å². The smallest absolute Gasteiger partial charge is 0.168 e. The molecule has 1 aromatic carbocycles. The number of ether oxygens (including phenoxy) is 1. The highest BCUT2D eigenvalue weighted by Crippen LogP contribution is 2.20. The second-order valence-corrected chi connectivity index (χ2v) is 6.86. The first kappa shape index (κ1) is 16.6. The minimum atomic E-state index is -3.17. The van der Waals surface area contributed by atoms with Crippen LogP contribution in [0.15, 0.2) is 18.2 Å². The first-order valence-corrected chi connectivity index (χ1v) is 8.08. The van der Waals surface area contributed by atoms with Crippen molar-refractivity contribution in [3.8, 4) is 5.75 Å². The summed E-state index contributed by atoms with van der Waals surface area (Å²) in [7, 11) is -1.84. The lowest BCUT2D eigenvalue weighted by atomic mass is 10.0. The summed E-state index contributed by atoms with van der Waals surface area (Å²) >= 11 is 0. The zero-order valence-electron chi connectivity index (χ0n) is 11.4. The lowest BCUT2D eigenvalue weighted by Gasteiger charge is -2.11. The topological polar surface area (TPSA) is 86.5 Å². The molecule has 112 valence electrons. The van der Waals surface area contributed by atoms with Crippen molar-refractivity contribution >= 4 is 15.6 Å². The summed E-state index contributed by atoms with van der Waals surface area (Å²) in [6.07, 6.45) is 0.920. The van der Waals surface area contributed by atoms with Crippen LogP contribution in [0.1, 0.15) is 12.0 Å². The molecule has 1 atom stereocenters. The largest absolute Gasteiger partial charge is 0.494 e. The van der Waals surface area contributed by atoms with Gasteiger partial charge in [-0.2, -0.15) is 0 Å². The van der Waals surface area contributed by atoms with E-state index in [-0.39, 0.29) is 29.9 Å². The number of halogens is 1. The van der Waals surface area contributed by atoms with Gasteiger partial charge in [-0.15, -0.1) is 0 Å². The molecule has 0 aromatic heterocycles. The van der Waals surface area contributed by atoms with E-state index in [9.17, 15) is 17.6 Å². The van der Waals surface area contributed by atoms with Crippen molar-refractivity contribution in [1.29, 1.82) is 0 Å². The monoisotopic (exact) mass is 303 g/mol. The summed E-state index contributed by atoms with van der Waals surface area (Å²) in [4.78, 5) is 11.9. The number of ketones is 1. The number of hydrogen-bond acceptors (Lipinski definition) is 5. The number of carbonyl (C=O) groups excluding carboxylic acids is 1. The third kappa shape index (κ3) is 4.90. The van der Waals surface area contributed by atoms with E-state index in [4.69, 9.17) is 10.5 Å². The number of Topliss-reactive ketones (excluding diaryl/α,β-unsaturated/α-hetero) is 1. The number of methoxy groups -OCH3 is 1. The van der Waals surface area contributed by atoms with E-state index in [0.717, 1.165) is 6.26 Å². The minimum Gasteiger partial charge on any atom is -0.494 e. The second kappa shape index (κ2) is 6.81. The summed E-state index contributed by atoms with van der Waals surface area (Å²) in [6, 6.07) is 3.58. The lowest BCUT2D eigenvalue weighted by Crippen LogP contribution is -2.33. The molecule has 7 heteroatoms. The molecule has 0 aliphatic rings. The van der Waals surface area contributed by atoms with E-state index >= 15 is 0 Å². The molecule has 0 fully saturated rings.